The van der Waals surface area contributed by atoms with Gasteiger partial charge in [-0.1, -0.05) is 75.4 Å². The van der Waals surface area contributed by atoms with Gasteiger partial charge in [-0.05, 0) is 11.6 Å². The van der Waals surface area contributed by atoms with E-state index in [0.29, 0.717) is 0 Å². The van der Waals surface area contributed by atoms with Gasteiger partial charge in [0, 0.05) is 37.5 Å². The van der Waals surface area contributed by atoms with Gasteiger partial charge in [0.2, 0.25) is 0 Å². The molecule has 1 aliphatic rings. The van der Waals surface area contributed by atoms with Crippen LogP contribution in [-0.4, -0.2) is 22.0 Å². The van der Waals surface area contributed by atoms with Gasteiger partial charge in [0.1, 0.15) is 5.69 Å². The normalized spacial score (nSPS) is 11.4. The minimum atomic E-state index is 0.873. The van der Waals surface area contributed by atoms with Gasteiger partial charge in [-0.25, -0.2) is 4.68 Å². The Morgan fingerprint density at radius 2 is 1.40 bits per heavy atom. The lowest BCUT2D eigenvalue weighted by Crippen LogP contribution is -2.19. The second-order valence-corrected chi connectivity index (χ2v) is 5.44. The monoisotopic (exact) mass is 336 g/mol. The minimum absolute atomic E-state index is 0.873. The molecule has 0 amide bonds. The Morgan fingerprint density at radius 1 is 0.800 bits per heavy atom. The molecule has 2 aromatic carbocycles. The first-order valence-corrected chi connectivity index (χ1v) is 9.04. The fourth-order valence-corrected chi connectivity index (χ4v) is 3.08. The Labute approximate surface area is 151 Å². The number of nitrogens with zero attached hydrogens (tertiary/aromatic N) is 4. The largest absolute Gasteiger partial charge is 0.370 e. The van der Waals surface area contributed by atoms with Crippen molar-refractivity contribution < 1.29 is 0 Å². The van der Waals surface area contributed by atoms with Crippen LogP contribution >= 0.6 is 0 Å². The van der Waals surface area contributed by atoms with Crippen LogP contribution in [0.3, 0.4) is 0 Å². The number of rotatable bonds is 0. The Bertz CT molecular complexity index is 820. The van der Waals surface area contributed by atoms with E-state index in [-0.39, 0.29) is 0 Å². The van der Waals surface area contributed by atoms with Crippen LogP contribution in [0, 0.1) is 0 Å². The maximum Gasteiger partial charge on any atom is 0.123 e. The zero-order chi connectivity index (χ0) is 18.4. The van der Waals surface area contributed by atoms with Crippen LogP contribution < -0.4 is 4.90 Å². The molecule has 1 aromatic heterocycles. The van der Waals surface area contributed by atoms with Crippen molar-refractivity contribution in [3.8, 4) is 22.5 Å². The maximum absolute atomic E-state index is 4.42. The van der Waals surface area contributed by atoms with Crippen molar-refractivity contribution in [2.75, 3.05) is 11.9 Å². The molecule has 25 heavy (non-hydrogen) atoms. The third-order valence-corrected chi connectivity index (χ3v) is 4.08. The van der Waals surface area contributed by atoms with E-state index in [0.717, 1.165) is 23.5 Å². The number of benzene rings is 2. The molecule has 0 saturated carbocycles. The van der Waals surface area contributed by atoms with Gasteiger partial charge in [0.15, 0.2) is 0 Å². The third-order valence-electron chi connectivity index (χ3n) is 4.08. The highest BCUT2D eigenvalue weighted by Crippen LogP contribution is 2.39. The van der Waals surface area contributed by atoms with Crippen molar-refractivity contribution in [3.63, 3.8) is 0 Å². The summed E-state index contributed by atoms with van der Waals surface area (Å²) in [6.07, 6.45) is 0. The number of aromatic nitrogens is 3. The maximum atomic E-state index is 4.42. The number of para-hydroxylation sites is 1. The molecule has 4 heteroatoms. The van der Waals surface area contributed by atoms with E-state index in [1.54, 1.807) is 0 Å². The van der Waals surface area contributed by atoms with Crippen molar-refractivity contribution in [3.05, 3.63) is 54.1 Å². The smallest absolute Gasteiger partial charge is 0.123 e. The Morgan fingerprint density at radius 3 is 2.12 bits per heavy atom. The summed E-state index contributed by atoms with van der Waals surface area (Å²) in [5, 5.41) is 8.67. The fraction of sp³-hybridized carbons (Fsp3) is 0.333. The molecule has 0 spiro atoms. The summed E-state index contributed by atoms with van der Waals surface area (Å²) < 4.78 is 1.87. The Kier molecular flexibility index (Phi) is 6.34. The predicted octanol–water partition coefficient (Wildman–Crippen LogP) is 5.15. The molecule has 4 rings (SSSR count). The summed E-state index contributed by atoms with van der Waals surface area (Å²) in [6.45, 7) is 8.87. The number of fused-ring (bicyclic) bond motifs is 5. The summed E-state index contributed by atoms with van der Waals surface area (Å²) in [7, 11) is 4.08. The second-order valence-electron chi connectivity index (χ2n) is 5.44. The van der Waals surface area contributed by atoms with Crippen molar-refractivity contribution in [1.82, 2.24) is 15.0 Å². The van der Waals surface area contributed by atoms with Gasteiger partial charge in [0.05, 0.1) is 5.69 Å². The summed E-state index contributed by atoms with van der Waals surface area (Å²) >= 11 is 0. The summed E-state index contributed by atoms with van der Waals surface area (Å²) in [5.74, 6) is 0. The van der Waals surface area contributed by atoms with E-state index in [4.69, 9.17) is 0 Å². The molecule has 4 nitrogen and oxygen atoms in total. The highest BCUT2D eigenvalue weighted by atomic mass is 15.4. The zero-order valence-corrected chi connectivity index (χ0v) is 16.1. The summed E-state index contributed by atoms with van der Waals surface area (Å²) in [5.41, 5.74) is 6.87. The second kappa shape index (κ2) is 8.47. The van der Waals surface area contributed by atoms with Gasteiger partial charge in [-0.3, -0.25) is 0 Å². The molecule has 3 aromatic rings. The lowest BCUT2D eigenvalue weighted by Gasteiger charge is -2.26. The predicted molar refractivity (Wildman–Crippen MR) is 107 cm³/mol. The van der Waals surface area contributed by atoms with Crippen LogP contribution in [0.5, 0.6) is 0 Å². The molecular formula is C21H28N4. The third kappa shape index (κ3) is 3.43. The first kappa shape index (κ1) is 18.7. The van der Waals surface area contributed by atoms with Gasteiger partial charge in [0.25, 0.3) is 0 Å². The van der Waals surface area contributed by atoms with Crippen LogP contribution in [0.15, 0.2) is 48.5 Å². The van der Waals surface area contributed by atoms with E-state index in [2.05, 4.69) is 70.8 Å². The van der Waals surface area contributed by atoms with Gasteiger partial charge < -0.3 is 4.90 Å². The highest BCUT2D eigenvalue weighted by molar-refractivity contribution is 5.87. The van der Waals surface area contributed by atoms with Crippen molar-refractivity contribution in [1.29, 1.82) is 0 Å². The number of aryl methyl sites for hydroxylation is 1. The molecule has 1 aliphatic heterocycles. The number of hydrogen-bond acceptors (Lipinski definition) is 3. The van der Waals surface area contributed by atoms with Crippen molar-refractivity contribution >= 4 is 5.69 Å². The molecule has 2 heterocycles. The van der Waals surface area contributed by atoms with E-state index >= 15 is 0 Å². The van der Waals surface area contributed by atoms with E-state index in [9.17, 15) is 0 Å². The lowest BCUT2D eigenvalue weighted by molar-refractivity contribution is 0.720. The van der Waals surface area contributed by atoms with Gasteiger partial charge in [-0.15, -0.1) is 5.10 Å². The van der Waals surface area contributed by atoms with Crippen LogP contribution in [-0.2, 0) is 13.6 Å². The number of anilines is 1. The molecule has 0 atom stereocenters. The van der Waals surface area contributed by atoms with Gasteiger partial charge >= 0.3 is 0 Å². The number of hydrogen-bond donors (Lipinski definition) is 0. The molecule has 0 bridgehead atoms. The molecule has 132 valence electrons. The Balaban J connectivity index is 0.000000528. The molecule has 0 saturated heterocycles. The summed E-state index contributed by atoms with van der Waals surface area (Å²) in [4.78, 5) is 2.27. The molecule has 0 radical (unpaired) electrons. The average molecular weight is 336 g/mol. The van der Waals surface area contributed by atoms with Gasteiger partial charge in [-0.2, -0.15) is 0 Å². The summed E-state index contributed by atoms with van der Waals surface area (Å²) in [6, 6.07) is 16.9. The molecular weight excluding hydrogens is 308 g/mol. The first-order valence-electron chi connectivity index (χ1n) is 9.04. The molecule has 0 fully saturated rings. The molecule has 0 unspecified atom stereocenters. The van der Waals surface area contributed by atoms with E-state index in [1.165, 1.54) is 16.8 Å². The van der Waals surface area contributed by atoms with Crippen LogP contribution in [0.2, 0.25) is 0 Å². The topological polar surface area (TPSA) is 34.0 Å². The van der Waals surface area contributed by atoms with Crippen LogP contribution in [0.1, 0.15) is 33.3 Å². The van der Waals surface area contributed by atoms with E-state index in [1.807, 2.05) is 39.4 Å². The minimum Gasteiger partial charge on any atom is -0.370 e. The van der Waals surface area contributed by atoms with Crippen LogP contribution in [0.25, 0.3) is 22.5 Å². The average Bonchev–Trinajstić information content (AvgIpc) is 3.05. The van der Waals surface area contributed by atoms with Crippen molar-refractivity contribution in [2.24, 2.45) is 7.05 Å². The zero-order valence-electron chi connectivity index (χ0n) is 16.1. The standard InChI is InChI=1S/C17H16N4.2C2H6/c1-20-11-12-7-3-4-8-13(12)17-16(18-19-21(17)2)14-9-5-6-10-15(14)20;2*1-2/h3-10H,11H2,1-2H3;2*1-2H3. The van der Waals surface area contributed by atoms with E-state index < -0.39 is 0 Å². The SMILES string of the molecule is CC.CC.CN1Cc2ccccc2-c2c(nnn2C)-c2ccccc21. The quantitative estimate of drug-likeness (QED) is 0.569. The first-order chi connectivity index (χ1) is 12.3. The van der Waals surface area contributed by atoms with Crippen molar-refractivity contribution in [2.45, 2.75) is 34.2 Å². The Hall–Kier alpha value is -2.62. The van der Waals surface area contributed by atoms with Crippen LogP contribution in [0.4, 0.5) is 5.69 Å². The molecule has 0 aliphatic carbocycles. The lowest BCUT2D eigenvalue weighted by atomic mass is 9.96. The molecule has 0 N–H and O–H groups in total. The fourth-order valence-electron chi connectivity index (χ4n) is 3.08. The highest BCUT2D eigenvalue weighted by Gasteiger charge is 2.23.